The zero-order valence-electron chi connectivity index (χ0n) is 10.1. The highest BCUT2D eigenvalue weighted by atomic mass is 15.2. The van der Waals surface area contributed by atoms with Crippen molar-refractivity contribution < 1.29 is 0 Å². The highest BCUT2D eigenvalue weighted by molar-refractivity contribution is 4.89. The van der Waals surface area contributed by atoms with Crippen LogP contribution in [0, 0.1) is 11.3 Å². The molecule has 1 heteroatoms. The van der Waals surface area contributed by atoms with E-state index >= 15 is 0 Å². The Balaban J connectivity index is 2.55. The number of hydrogen-bond donors (Lipinski definition) is 0. The minimum absolute atomic E-state index is 0.361. The van der Waals surface area contributed by atoms with Gasteiger partial charge in [0.2, 0.25) is 0 Å². The molecule has 1 aliphatic heterocycles. The molecule has 13 heavy (non-hydrogen) atoms. The van der Waals surface area contributed by atoms with E-state index in [2.05, 4.69) is 46.4 Å². The van der Waals surface area contributed by atoms with Crippen LogP contribution in [0.5, 0.6) is 0 Å². The fraction of sp³-hybridized carbons (Fsp3) is 1.00. The van der Waals surface area contributed by atoms with Crippen molar-refractivity contribution in [2.75, 3.05) is 13.1 Å². The maximum absolute atomic E-state index is 2.61. The van der Waals surface area contributed by atoms with Crippen LogP contribution in [0.4, 0.5) is 0 Å². The Hall–Kier alpha value is -0.0400. The highest BCUT2D eigenvalue weighted by Gasteiger charge is 2.35. The van der Waals surface area contributed by atoms with Gasteiger partial charge < -0.3 is 0 Å². The average molecular weight is 183 g/mol. The van der Waals surface area contributed by atoms with Crippen LogP contribution in [-0.4, -0.2) is 23.5 Å². The molecule has 0 aliphatic carbocycles. The molecule has 1 heterocycles. The summed E-state index contributed by atoms with van der Waals surface area (Å²) in [6, 6.07) is 0. The van der Waals surface area contributed by atoms with Crippen LogP contribution in [0.15, 0.2) is 0 Å². The van der Waals surface area contributed by atoms with Crippen molar-refractivity contribution in [3.05, 3.63) is 0 Å². The maximum Gasteiger partial charge on any atom is 0.0125 e. The van der Waals surface area contributed by atoms with Gasteiger partial charge >= 0.3 is 0 Å². The predicted molar refractivity (Wildman–Crippen MR) is 58.9 cm³/mol. The van der Waals surface area contributed by atoms with Crippen molar-refractivity contribution in [1.82, 2.24) is 4.90 Å². The Morgan fingerprint density at radius 2 is 1.54 bits per heavy atom. The van der Waals surface area contributed by atoms with Crippen molar-refractivity contribution in [2.45, 2.75) is 53.5 Å². The molecule has 1 nitrogen and oxygen atoms in total. The fourth-order valence-electron chi connectivity index (χ4n) is 2.08. The first-order valence-electron chi connectivity index (χ1n) is 5.46. The van der Waals surface area contributed by atoms with Gasteiger partial charge in [0.15, 0.2) is 0 Å². The zero-order valence-corrected chi connectivity index (χ0v) is 10.1. The summed E-state index contributed by atoms with van der Waals surface area (Å²) in [5.41, 5.74) is 0.847. The van der Waals surface area contributed by atoms with Crippen LogP contribution in [-0.2, 0) is 0 Å². The third-order valence-electron chi connectivity index (χ3n) is 3.36. The van der Waals surface area contributed by atoms with Crippen molar-refractivity contribution in [3.8, 4) is 0 Å². The van der Waals surface area contributed by atoms with Crippen molar-refractivity contribution >= 4 is 0 Å². The molecule has 78 valence electrons. The standard InChI is InChI=1S/C12H25N/c1-11(2,3)10-7-8-13(9-10)12(4,5)6/h10H,7-9H2,1-6H3/t10-/m1/s1. The van der Waals surface area contributed by atoms with Crippen LogP contribution in [0.2, 0.25) is 0 Å². The molecule has 1 fully saturated rings. The molecule has 0 radical (unpaired) electrons. The molecule has 1 rings (SSSR count). The Kier molecular flexibility index (Phi) is 2.78. The minimum Gasteiger partial charge on any atom is -0.298 e. The molecule has 1 aliphatic rings. The van der Waals surface area contributed by atoms with Crippen molar-refractivity contribution in [1.29, 1.82) is 0 Å². The first-order valence-corrected chi connectivity index (χ1v) is 5.46. The van der Waals surface area contributed by atoms with Crippen LogP contribution < -0.4 is 0 Å². The molecule has 0 bridgehead atoms. The lowest BCUT2D eigenvalue weighted by atomic mass is 9.80. The molecular weight excluding hydrogens is 158 g/mol. The van der Waals surface area contributed by atoms with Crippen LogP contribution in [0.25, 0.3) is 0 Å². The fourth-order valence-corrected chi connectivity index (χ4v) is 2.08. The van der Waals surface area contributed by atoms with E-state index in [0.717, 1.165) is 5.92 Å². The van der Waals surface area contributed by atoms with Crippen LogP contribution in [0.3, 0.4) is 0 Å². The van der Waals surface area contributed by atoms with Gasteiger partial charge in [-0.05, 0) is 45.1 Å². The van der Waals surface area contributed by atoms with Crippen molar-refractivity contribution in [2.24, 2.45) is 11.3 Å². The van der Waals surface area contributed by atoms with Gasteiger partial charge in [-0.3, -0.25) is 4.90 Å². The van der Waals surface area contributed by atoms with Gasteiger partial charge in [0, 0.05) is 12.1 Å². The normalized spacial score (nSPS) is 26.8. The molecule has 0 saturated carbocycles. The summed E-state index contributed by atoms with van der Waals surface area (Å²) >= 11 is 0. The SMILES string of the molecule is CC(C)(C)[C@@H]1CCN(C(C)(C)C)C1. The second-order valence-corrected chi connectivity index (χ2v) is 6.47. The summed E-state index contributed by atoms with van der Waals surface area (Å²) in [4.78, 5) is 2.61. The molecule has 0 aromatic heterocycles. The monoisotopic (exact) mass is 183 g/mol. The Morgan fingerprint density at radius 1 is 1.00 bits per heavy atom. The van der Waals surface area contributed by atoms with Gasteiger partial charge in [-0.15, -0.1) is 0 Å². The van der Waals surface area contributed by atoms with Gasteiger partial charge in [0.25, 0.3) is 0 Å². The molecular formula is C12H25N. The summed E-state index contributed by atoms with van der Waals surface area (Å²) in [7, 11) is 0. The molecule has 0 aromatic carbocycles. The van der Waals surface area contributed by atoms with Crippen LogP contribution in [0.1, 0.15) is 48.0 Å². The van der Waals surface area contributed by atoms with Gasteiger partial charge in [0.1, 0.15) is 0 Å². The summed E-state index contributed by atoms with van der Waals surface area (Å²) in [5.74, 6) is 0.881. The summed E-state index contributed by atoms with van der Waals surface area (Å²) in [6.07, 6.45) is 1.38. The summed E-state index contributed by atoms with van der Waals surface area (Å²) < 4.78 is 0. The number of likely N-dealkylation sites (tertiary alicyclic amines) is 1. The van der Waals surface area contributed by atoms with E-state index in [-0.39, 0.29) is 0 Å². The third kappa shape index (κ3) is 2.70. The second kappa shape index (κ2) is 3.27. The van der Waals surface area contributed by atoms with Gasteiger partial charge in [-0.25, -0.2) is 0 Å². The lowest BCUT2D eigenvalue weighted by Gasteiger charge is -2.33. The van der Waals surface area contributed by atoms with E-state index in [1.165, 1.54) is 19.5 Å². The van der Waals surface area contributed by atoms with E-state index in [9.17, 15) is 0 Å². The first kappa shape index (κ1) is 11.0. The number of rotatable bonds is 0. The number of nitrogens with zero attached hydrogens (tertiary/aromatic N) is 1. The summed E-state index contributed by atoms with van der Waals surface area (Å²) in [6.45, 7) is 16.6. The van der Waals surface area contributed by atoms with E-state index in [1.807, 2.05) is 0 Å². The van der Waals surface area contributed by atoms with E-state index in [1.54, 1.807) is 0 Å². The summed E-state index contributed by atoms with van der Waals surface area (Å²) in [5, 5.41) is 0. The Morgan fingerprint density at radius 3 is 1.77 bits per heavy atom. The minimum atomic E-state index is 0.361. The Labute approximate surface area is 83.5 Å². The average Bonchev–Trinajstić information content (AvgIpc) is 2.28. The quantitative estimate of drug-likeness (QED) is 0.557. The Bertz CT molecular complexity index is 151. The van der Waals surface area contributed by atoms with Gasteiger partial charge in [-0.2, -0.15) is 0 Å². The maximum atomic E-state index is 2.61. The molecule has 0 amide bonds. The lowest BCUT2D eigenvalue weighted by molar-refractivity contribution is 0.148. The zero-order chi connectivity index (χ0) is 10.3. The largest absolute Gasteiger partial charge is 0.298 e. The smallest absolute Gasteiger partial charge is 0.0125 e. The molecule has 0 unspecified atom stereocenters. The molecule has 1 atom stereocenters. The van der Waals surface area contributed by atoms with Gasteiger partial charge in [-0.1, -0.05) is 20.8 Å². The first-order chi connectivity index (χ1) is 5.71. The van der Waals surface area contributed by atoms with Crippen LogP contribution >= 0.6 is 0 Å². The lowest BCUT2D eigenvalue weighted by Crippen LogP contribution is -2.40. The topological polar surface area (TPSA) is 3.24 Å². The van der Waals surface area contributed by atoms with E-state index in [4.69, 9.17) is 0 Å². The van der Waals surface area contributed by atoms with Crippen molar-refractivity contribution in [3.63, 3.8) is 0 Å². The predicted octanol–water partition coefficient (Wildman–Crippen LogP) is 3.15. The number of hydrogen-bond acceptors (Lipinski definition) is 1. The van der Waals surface area contributed by atoms with E-state index in [0.29, 0.717) is 11.0 Å². The second-order valence-electron chi connectivity index (χ2n) is 6.47. The van der Waals surface area contributed by atoms with E-state index < -0.39 is 0 Å². The third-order valence-corrected chi connectivity index (χ3v) is 3.36. The molecule has 1 saturated heterocycles. The molecule has 0 spiro atoms. The van der Waals surface area contributed by atoms with Gasteiger partial charge in [0.05, 0.1) is 0 Å². The molecule has 0 aromatic rings. The molecule has 0 N–H and O–H groups in total. The highest BCUT2D eigenvalue weighted by Crippen LogP contribution is 2.35.